The summed E-state index contributed by atoms with van der Waals surface area (Å²) in [7, 11) is 0. The Bertz CT molecular complexity index is 1430. The molecule has 0 saturated carbocycles. The molecule has 0 unspecified atom stereocenters. The molecule has 194 valence electrons. The van der Waals surface area contributed by atoms with Gasteiger partial charge in [-0.2, -0.15) is 4.98 Å². The van der Waals surface area contributed by atoms with Gasteiger partial charge in [-0.3, -0.25) is 38.9 Å². The zero-order valence-electron chi connectivity index (χ0n) is 19.7. The van der Waals surface area contributed by atoms with Gasteiger partial charge in [0.15, 0.2) is 17.4 Å². The van der Waals surface area contributed by atoms with Gasteiger partial charge in [-0.25, -0.2) is 4.98 Å². The van der Waals surface area contributed by atoms with Crippen LogP contribution in [0.3, 0.4) is 0 Å². The molecule has 0 aliphatic carbocycles. The molecule has 1 saturated heterocycles. The lowest BCUT2D eigenvalue weighted by molar-refractivity contribution is -0.121. The van der Waals surface area contributed by atoms with E-state index in [1.807, 2.05) is 0 Å². The zero-order chi connectivity index (χ0) is 26.6. The van der Waals surface area contributed by atoms with Crippen LogP contribution in [0.4, 0.5) is 5.95 Å². The average Bonchev–Trinajstić information content (AvgIpc) is 3.49. The molecule has 3 aromatic rings. The van der Waals surface area contributed by atoms with Crippen LogP contribution in [0.5, 0.6) is 0 Å². The third-order valence-electron chi connectivity index (χ3n) is 6.47. The molecule has 0 bridgehead atoms. The van der Waals surface area contributed by atoms with E-state index in [1.165, 1.54) is 23.0 Å². The van der Waals surface area contributed by atoms with Gasteiger partial charge in [0.2, 0.25) is 11.9 Å². The van der Waals surface area contributed by atoms with Crippen LogP contribution < -0.4 is 10.9 Å². The lowest BCUT2D eigenvalue weighted by atomic mass is 10.0. The minimum absolute atomic E-state index is 0.0734. The molecule has 5 N–H and O–H groups in total. The predicted molar refractivity (Wildman–Crippen MR) is 125 cm³/mol. The fourth-order valence-corrected chi connectivity index (χ4v) is 4.65. The van der Waals surface area contributed by atoms with E-state index in [1.54, 1.807) is 26.0 Å². The molecule has 14 nitrogen and oxygen atoms in total. The van der Waals surface area contributed by atoms with Crippen LogP contribution in [-0.4, -0.2) is 88.4 Å². The normalized spacial score (nSPS) is 24.2. The van der Waals surface area contributed by atoms with Crippen molar-refractivity contribution in [3.05, 3.63) is 52.1 Å². The molecule has 0 radical (unpaired) electrons. The number of fused-ring (bicyclic) bond motifs is 2. The second kappa shape index (κ2) is 9.15. The number of aliphatic hydroxyl groups excluding tert-OH is 3. The van der Waals surface area contributed by atoms with Crippen molar-refractivity contribution in [1.29, 1.82) is 0 Å². The number of ether oxygens (including phenoxy) is 1. The highest BCUT2D eigenvalue weighted by molar-refractivity contribution is 6.23. The largest absolute Gasteiger partial charge is 0.394 e. The first-order valence-electron chi connectivity index (χ1n) is 11.5. The first-order valence-corrected chi connectivity index (χ1v) is 11.5. The van der Waals surface area contributed by atoms with Gasteiger partial charge in [0, 0.05) is 0 Å². The second-order valence-electron chi connectivity index (χ2n) is 9.17. The third kappa shape index (κ3) is 3.90. The number of amides is 3. The van der Waals surface area contributed by atoms with Crippen LogP contribution >= 0.6 is 0 Å². The standard InChI is InChI=1S/C23H24N6O8/c1-9(2)14(29-20(35)10-5-3-4-6-11(10)21(29)36)19(34)27-23-25-17-13(18(33)26-23)24-8-28(17)22-16(32)15(31)12(7-30)37-22/h3-6,8-9,12,14-16,22,30-32H,7H2,1-2H3,(H2,25,26,27,33,34)/t12-,14+,15+,16+,22+/m0/s1. The number of aliphatic hydroxyl groups is 3. The molecule has 5 rings (SSSR count). The summed E-state index contributed by atoms with van der Waals surface area (Å²) in [6.07, 6.45) is -3.94. The average molecular weight is 512 g/mol. The highest BCUT2D eigenvalue weighted by atomic mass is 16.6. The number of imide groups is 1. The number of nitrogens with one attached hydrogen (secondary N) is 2. The maximum Gasteiger partial charge on any atom is 0.280 e. The van der Waals surface area contributed by atoms with Crippen LogP contribution in [0.2, 0.25) is 0 Å². The number of benzene rings is 1. The van der Waals surface area contributed by atoms with Crippen molar-refractivity contribution in [2.75, 3.05) is 11.9 Å². The highest BCUT2D eigenvalue weighted by Crippen LogP contribution is 2.31. The summed E-state index contributed by atoms with van der Waals surface area (Å²) >= 11 is 0. The van der Waals surface area contributed by atoms with Crippen LogP contribution in [0.1, 0.15) is 40.8 Å². The maximum absolute atomic E-state index is 13.3. The monoisotopic (exact) mass is 512 g/mol. The topological polar surface area (TPSA) is 200 Å². The molecule has 2 aromatic heterocycles. The van der Waals surface area contributed by atoms with Crippen molar-refractivity contribution >= 4 is 34.8 Å². The van der Waals surface area contributed by atoms with Gasteiger partial charge in [0.1, 0.15) is 24.4 Å². The summed E-state index contributed by atoms with van der Waals surface area (Å²) in [5.41, 5.74) is -0.526. The minimum Gasteiger partial charge on any atom is -0.394 e. The van der Waals surface area contributed by atoms with Gasteiger partial charge < -0.3 is 20.1 Å². The summed E-state index contributed by atoms with van der Waals surface area (Å²) in [4.78, 5) is 63.4. The van der Waals surface area contributed by atoms with Crippen molar-refractivity contribution in [3.63, 3.8) is 0 Å². The number of rotatable bonds is 6. The smallest absolute Gasteiger partial charge is 0.280 e. The molecule has 1 aromatic carbocycles. The van der Waals surface area contributed by atoms with Gasteiger partial charge >= 0.3 is 0 Å². The van der Waals surface area contributed by atoms with Gasteiger partial charge in [-0.1, -0.05) is 26.0 Å². The van der Waals surface area contributed by atoms with Crippen molar-refractivity contribution in [1.82, 2.24) is 24.4 Å². The van der Waals surface area contributed by atoms with E-state index < -0.39 is 66.4 Å². The summed E-state index contributed by atoms with van der Waals surface area (Å²) in [5, 5.41) is 32.3. The first kappa shape index (κ1) is 24.7. The second-order valence-corrected chi connectivity index (χ2v) is 9.17. The Morgan fingerprint density at radius 2 is 1.78 bits per heavy atom. The molecule has 2 aliphatic rings. The first-order chi connectivity index (χ1) is 17.6. The van der Waals surface area contributed by atoms with Gasteiger partial charge in [-0.05, 0) is 18.1 Å². The van der Waals surface area contributed by atoms with E-state index in [9.17, 15) is 34.5 Å². The molecular weight excluding hydrogens is 488 g/mol. The van der Waals surface area contributed by atoms with Gasteiger partial charge in [-0.15, -0.1) is 0 Å². The Balaban J connectivity index is 1.46. The molecule has 0 spiro atoms. The summed E-state index contributed by atoms with van der Waals surface area (Å²) in [5.74, 6) is -2.74. The van der Waals surface area contributed by atoms with Crippen LogP contribution in [0.15, 0.2) is 35.4 Å². The fourth-order valence-electron chi connectivity index (χ4n) is 4.65. The van der Waals surface area contributed by atoms with Crippen LogP contribution in [0, 0.1) is 5.92 Å². The number of aromatic amines is 1. The number of carbonyl (C=O) groups excluding carboxylic acids is 3. The van der Waals surface area contributed by atoms with Crippen LogP contribution in [0.25, 0.3) is 11.2 Å². The zero-order valence-corrected chi connectivity index (χ0v) is 19.7. The number of carbonyl (C=O) groups is 3. The van der Waals surface area contributed by atoms with E-state index in [0.717, 1.165) is 4.90 Å². The Labute approximate surface area is 208 Å². The molecule has 2 aliphatic heterocycles. The number of H-pyrrole nitrogens is 1. The number of imidazole rings is 1. The Hall–Kier alpha value is -3.98. The quantitative estimate of drug-likeness (QED) is 0.255. The Kier molecular flexibility index (Phi) is 6.11. The fraction of sp³-hybridized carbons (Fsp3) is 0.391. The van der Waals surface area contributed by atoms with Crippen molar-refractivity contribution in [2.45, 2.75) is 44.4 Å². The Morgan fingerprint density at radius 3 is 2.35 bits per heavy atom. The minimum atomic E-state index is -1.45. The molecule has 37 heavy (non-hydrogen) atoms. The summed E-state index contributed by atoms with van der Waals surface area (Å²) in [6, 6.07) is 5.06. The number of hydrogen-bond acceptors (Lipinski definition) is 10. The SMILES string of the molecule is CC(C)[C@H](C(=O)Nc1nc2c(ncn2[C@@H]2O[C@@H](CO)[C@@H](O)[C@H]2O)c(=O)[nH]1)N1C(=O)c2ccccc2C1=O. The number of anilines is 1. The van der Waals surface area contributed by atoms with E-state index in [-0.39, 0.29) is 28.2 Å². The maximum atomic E-state index is 13.3. The highest BCUT2D eigenvalue weighted by Gasteiger charge is 2.45. The van der Waals surface area contributed by atoms with Crippen LogP contribution in [-0.2, 0) is 9.53 Å². The molecule has 14 heteroatoms. The third-order valence-corrected chi connectivity index (χ3v) is 6.47. The lowest BCUT2D eigenvalue weighted by Crippen LogP contribution is -2.50. The van der Waals surface area contributed by atoms with Crippen molar-refractivity contribution in [2.24, 2.45) is 5.92 Å². The Morgan fingerprint density at radius 1 is 1.14 bits per heavy atom. The van der Waals surface area contributed by atoms with Crippen molar-refractivity contribution < 1.29 is 34.4 Å². The number of hydrogen-bond donors (Lipinski definition) is 5. The summed E-state index contributed by atoms with van der Waals surface area (Å²) in [6.45, 7) is 2.79. The molecule has 1 fully saturated rings. The lowest BCUT2D eigenvalue weighted by Gasteiger charge is -2.28. The number of aromatic nitrogens is 4. The van der Waals surface area contributed by atoms with Crippen molar-refractivity contribution in [3.8, 4) is 0 Å². The molecule has 5 atom stereocenters. The predicted octanol–water partition coefficient (Wildman–Crippen LogP) is -1.01. The van der Waals surface area contributed by atoms with Gasteiger partial charge in [0.25, 0.3) is 17.4 Å². The molecule has 4 heterocycles. The van der Waals surface area contributed by atoms with E-state index >= 15 is 0 Å². The number of nitrogens with zero attached hydrogens (tertiary/aromatic N) is 4. The van der Waals surface area contributed by atoms with Gasteiger partial charge in [0.05, 0.1) is 24.1 Å². The molecule has 3 amide bonds. The van der Waals surface area contributed by atoms with E-state index in [2.05, 4.69) is 20.3 Å². The van der Waals surface area contributed by atoms with E-state index in [4.69, 9.17) is 4.74 Å². The molecular formula is C23H24N6O8. The summed E-state index contributed by atoms with van der Waals surface area (Å²) < 4.78 is 6.69. The van der Waals surface area contributed by atoms with E-state index in [0.29, 0.717) is 0 Å².